The third-order valence-electron chi connectivity index (χ3n) is 3.42. The molecular formula is C15H22ClN3O3. The van der Waals surface area contributed by atoms with Crippen molar-refractivity contribution in [3.05, 3.63) is 29.3 Å². The van der Waals surface area contributed by atoms with Crippen molar-refractivity contribution in [2.45, 2.75) is 12.5 Å². The van der Waals surface area contributed by atoms with Gasteiger partial charge in [0.05, 0.1) is 29.5 Å². The highest BCUT2D eigenvalue weighted by Gasteiger charge is 2.25. The zero-order chi connectivity index (χ0) is 16.0. The van der Waals surface area contributed by atoms with E-state index in [1.807, 2.05) is 0 Å². The van der Waals surface area contributed by atoms with E-state index in [4.69, 9.17) is 16.3 Å². The van der Waals surface area contributed by atoms with E-state index in [9.17, 15) is 9.90 Å². The summed E-state index contributed by atoms with van der Waals surface area (Å²) in [6.45, 7) is 5.29. The summed E-state index contributed by atoms with van der Waals surface area (Å²) in [5.74, 6) is 0. The molecule has 0 unspecified atom stereocenters. The van der Waals surface area contributed by atoms with Crippen LogP contribution in [0.5, 0.6) is 0 Å². The summed E-state index contributed by atoms with van der Waals surface area (Å²) in [6.07, 6.45) is 0. The minimum absolute atomic E-state index is 0.153. The van der Waals surface area contributed by atoms with E-state index in [2.05, 4.69) is 15.5 Å². The maximum absolute atomic E-state index is 11.9. The lowest BCUT2D eigenvalue weighted by Crippen LogP contribution is -2.51. The Kier molecular flexibility index (Phi) is 6.02. The second-order valence-corrected chi connectivity index (χ2v) is 6.08. The number of hydrogen-bond acceptors (Lipinski definition) is 4. The molecule has 0 bridgehead atoms. The van der Waals surface area contributed by atoms with Gasteiger partial charge in [-0.05, 0) is 19.1 Å². The minimum atomic E-state index is -1.00. The highest BCUT2D eigenvalue weighted by molar-refractivity contribution is 6.33. The van der Waals surface area contributed by atoms with Crippen LogP contribution in [0.4, 0.5) is 10.5 Å². The Bertz CT molecular complexity index is 505. The first-order valence-corrected chi connectivity index (χ1v) is 7.66. The number of β-amino-alcohol motifs (C(OH)–C–C–N with tert-alkyl or cyclic N) is 1. The molecule has 2 amide bonds. The molecule has 22 heavy (non-hydrogen) atoms. The number of halogens is 1. The van der Waals surface area contributed by atoms with Crippen LogP contribution < -0.4 is 10.6 Å². The molecule has 0 spiro atoms. The summed E-state index contributed by atoms with van der Waals surface area (Å²) in [6, 6.07) is 6.60. The molecular weight excluding hydrogens is 306 g/mol. The van der Waals surface area contributed by atoms with Crippen molar-refractivity contribution in [3.8, 4) is 0 Å². The van der Waals surface area contributed by atoms with E-state index in [0.29, 0.717) is 30.5 Å². The molecule has 0 aromatic heterocycles. The topological polar surface area (TPSA) is 73.8 Å². The normalized spacial score (nSPS) is 18.5. The lowest BCUT2D eigenvalue weighted by molar-refractivity contribution is -0.0205. The SMILES string of the molecule is C[C@](O)(CNC(=O)Nc1ccccc1Cl)CN1CCOCC1. The third kappa shape index (κ3) is 5.46. The van der Waals surface area contributed by atoms with Gasteiger partial charge in [0.15, 0.2) is 0 Å². The zero-order valence-electron chi connectivity index (χ0n) is 12.6. The first kappa shape index (κ1) is 17.0. The van der Waals surface area contributed by atoms with E-state index in [1.165, 1.54) is 0 Å². The van der Waals surface area contributed by atoms with Crippen LogP contribution >= 0.6 is 11.6 Å². The number of carbonyl (C=O) groups excluding carboxylic acids is 1. The van der Waals surface area contributed by atoms with Crippen molar-refractivity contribution in [1.82, 2.24) is 10.2 Å². The second kappa shape index (κ2) is 7.78. The number of nitrogens with zero attached hydrogens (tertiary/aromatic N) is 1. The number of anilines is 1. The average molecular weight is 328 g/mol. The molecule has 0 aliphatic carbocycles. The van der Waals surface area contributed by atoms with E-state index in [1.54, 1.807) is 31.2 Å². The molecule has 122 valence electrons. The number of ether oxygens (including phenoxy) is 1. The molecule has 0 radical (unpaired) electrons. The summed E-state index contributed by atoms with van der Waals surface area (Å²) in [5, 5.41) is 16.2. The Balaban J connectivity index is 1.78. The Labute approximate surface area is 135 Å². The fourth-order valence-electron chi connectivity index (χ4n) is 2.30. The van der Waals surface area contributed by atoms with Crippen LogP contribution in [0.2, 0.25) is 5.02 Å². The number of aliphatic hydroxyl groups is 1. The van der Waals surface area contributed by atoms with Crippen LogP contribution in [0.3, 0.4) is 0 Å². The molecule has 1 aliphatic heterocycles. The molecule has 2 rings (SSSR count). The highest BCUT2D eigenvalue weighted by Crippen LogP contribution is 2.20. The zero-order valence-corrected chi connectivity index (χ0v) is 13.4. The first-order valence-electron chi connectivity index (χ1n) is 7.28. The van der Waals surface area contributed by atoms with Crippen molar-refractivity contribution < 1.29 is 14.6 Å². The maximum atomic E-state index is 11.9. The number of morpholine rings is 1. The van der Waals surface area contributed by atoms with E-state index >= 15 is 0 Å². The molecule has 1 aliphatic rings. The molecule has 1 atom stereocenters. The number of para-hydroxylation sites is 1. The van der Waals surface area contributed by atoms with Crippen LogP contribution in [0.15, 0.2) is 24.3 Å². The van der Waals surface area contributed by atoms with Gasteiger partial charge in [-0.25, -0.2) is 4.79 Å². The van der Waals surface area contributed by atoms with E-state index < -0.39 is 11.6 Å². The van der Waals surface area contributed by atoms with Gasteiger partial charge in [0.2, 0.25) is 0 Å². The Morgan fingerprint density at radius 1 is 1.41 bits per heavy atom. The molecule has 0 saturated carbocycles. The van der Waals surface area contributed by atoms with Crippen LogP contribution in [0.1, 0.15) is 6.92 Å². The summed E-state index contributed by atoms with van der Waals surface area (Å²) in [4.78, 5) is 14.0. The van der Waals surface area contributed by atoms with Gasteiger partial charge in [-0.15, -0.1) is 0 Å². The van der Waals surface area contributed by atoms with E-state index in [0.717, 1.165) is 13.1 Å². The predicted molar refractivity (Wildman–Crippen MR) is 86.4 cm³/mol. The van der Waals surface area contributed by atoms with Gasteiger partial charge >= 0.3 is 6.03 Å². The summed E-state index contributed by atoms with van der Waals surface area (Å²) in [5.41, 5.74) is -0.468. The van der Waals surface area contributed by atoms with Gasteiger partial charge in [-0.3, -0.25) is 4.90 Å². The number of carbonyl (C=O) groups is 1. The number of urea groups is 1. The Morgan fingerprint density at radius 2 is 2.09 bits per heavy atom. The highest BCUT2D eigenvalue weighted by atomic mass is 35.5. The molecule has 6 nitrogen and oxygen atoms in total. The number of benzene rings is 1. The van der Waals surface area contributed by atoms with Gasteiger partial charge in [-0.2, -0.15) is 0 Å². The minimum Gasteiger partial charge on any atom is -0.387 e. The summed E-state index contributed by atoms with van der Waals surface area (Å²) in [7, 11) is 0. The van der Waals surface area contributed by atoms with Crippen molar-refractivity contribution in [2.75, 3.05) is 44.7 Å². The molecule has 1 aromatic rings. The van der Waals surface area contributed by atoms with Gasteiger partial charge in [-0.1, -0.05) is 23.7 Å². The standard InChI is InChI=1S/C15H22ClN3O3/c1-15(21,11-19-6-8-22-9-7-19)10-17-14(20)18-13-5-3-2-4-12(13)16/h2-5,21H,6-11H2,1H3,(H2,17,18,20)/t15-/m0/s1. The second-order valence-electron chi connectivity index (χ2n) is 5.67. The quantitative estimate of drug-likeness (QED) is 0.767. The monoisotopic (exact) mass is 327 g/mol. The fourth-order valence-corrected chi connectivity index (χ4v) is 2.48. The van der Waals surface area contributed by atoms with Crippen molar-refractivity contribution in [1.29, 1.82) is 0 Å². The van der Waals surface area contributed by atoms with Gasteiger partial charge < -0.3 is 20.5 Å². The van der Waals surface area contributed by atoms with Gasteiger partial charge in [0.25, 0.3) is 0 Å². The Morgan fingerprint density at radius 3 is 2.77 bits per heavy atom. The molecule has 1 heterocycles. The number of rotatable bonds is 5. The van der Waals surface area contributed by atoms with Gasteiger partial charge in [0, 0.05) is 26.2 Å². The van der Waals surface area contributed by atoms with Gasteiger partial charge in [0.1, 0.15) is 0 Å². The maximum Gasteiger partial charge on any atom is 0.319 e. The predicted octanol–water partition coefficient (Wildman–Crippen LogP) is 1.54. The summed E-state index contributed by atoms with van der Waals surface area (Å²) < 4.78 is 5.27. The lowest BCUT2D eigenvalue weighted by atomic mass is 10.1. The fraction of sp³-hybridized carbons (Fsp3) is 0.533. The van der Waals surface area contributed by atoms with Crippen LogP contribution in [-0.4, -0.2) is 61.0 Å². The van der Waals surface area contributed by atoms with E-state index in [-0.39, 0.29) is 6.54 Å². The Hall–Kier alpha value is -1.34. The third-order valence-corrected chi connectivity index (χ3v) is 3.75. The number of nitrogens with one attached hydrogen (secondary N) is 2. The average Bonchev–Trinajstić information content (AvgIpc) is 2.48. The van der Waals surface area contributed by atoms with Crippen molar-refractivity contribution >= 4 is 23.3 Å². The van der Waals surface area contributed by atoms with Crippen LogP contribution in [0, 0.1) is 0 Å². The lowest BCUT2D eigenvalue weighted by Gasteiger charge is -2.33. The van der Waals surface area contributed by atoms with Crippen LogP contribution in [-0.2, 0) is 4.74 Å². The smallest absolute Gasteiger partial charge is 0.319 e. The summed E-state index contributed by atoms with van der Waals surface area (Å²) >= 11 is 5.98. The molecule has 7 heteroatoms. The molecule has 1 aromatic carbocycles. The largest absolute Gasteiger partial charge is 0.387 e. The number of hydrogen-bond donors (Lipinski definition) is 3. The number of amides is 2. The van der Waals surface area contributed by atoms with Crippen LogP contribution in [0.25, 0.3) is 0 Å². The molecule has 3 N–H and O–H groups in total. The molecule has 1 fully saturated rings. The van der Waals surface area contributed by atoms with Crippen molar-refractivity contribution in [2.24, 2.45) is 0 Å². The molecule has 1 saturated heterocycles. The first-order chi connectivity index (χ1) is 10.5. The van der Waals surface area contributed by atoms with Crippen molar-refractivity contribution in [3.63, 3.8) is 0 Å².